The van der Waals surface area contributed by atoms with E-state index in [0.29, 0.717) is 12.5 Å². The van der Waals surface area contributed by atoms with Gasteiger partial charge in [0.1, 0.15) is 12.1 Å². The highest BCUT2D eigenvalue weighted by molar-refractivity contribution is 5.59. The molecule has 2 aromatic rings. The van der Waals surface area contributed by atoms with Crippen LogP contribution in [-0.2, 0) is 0 Å². The van der Waals surface area contributed by atoms with Crippen molar-refractivity contribution in [2.45, 2.75) is 6.92 Å². The molecule has 4 nitrogen and oxygen atoms in total. The van der Waals surface area contributed by atoms with Gasteiger partial charge in [0.25, 0.3) is 0 Å². The van der Waals surface area contributed by atoms with E-state index in [9.17, 15) is 0 Å². The van der Waals surface area contributed by atoms with Crippen LogP contribution in [0.5, 0.6) is 5.88 Å². The maximum Gasteiger partial charge on any atom is 0.219 e. The van der Waals surface area contributed by atoms with Gasteiger partial charge >= 0.3 is 0 Å². The van der Waals surface area contributed by atoms with E-state index in [1.54, 1.807) is 13.0 Å². The van der Waals surface area contributed by atoms with Crippen LogP contribution in [0.15, 0.2) is 42.7 Å². The summed E-state index contributed by atoms with van der Waals surface area (Å²) < 4.78 is 5.42. The van der Waals surface area contributed by atoms with Crippen LogP contribution in [-0.4, -0.2) is 23.6 Å². The standard InChI is InChI=1S/C15H15N3O/c1-3-4-10-19-15-11-14(16-12-17-15)18(2)13-8-6-5-7-9-13/h5-9,11-12H,10H2,1-2H3. The summed E-state index contributed by atoms with van der Waals surface area (Å²) in [5, 5.41) is 0. The third-order valence-electron chi connectivity index (χ3n) is 2.58. The van der Waals surface area contributed by atoms with Gasteiger partial charge in [0, 0.05) is 18.8 Å². The van der Waals surface area contributed by atoms with Crippen molar-refractivity contribution < 1.29 is 4.74 Å². The average Bonchev–Trinajstić information content (AvgIpc) is 2.48. The Morgan fingerprint density at radius 3 is 2.74 bits per heavy atom. The molecule has 0 aliphatic carbocycles. The minimum atomic E-state index is 0.335. The lowest BCUT2D eigenvalue weighted by Crippen LogP contribution is -2.11. The van der Waals surface area contributed by atoms with Crippen LogP contribution in [0.3, 0.4) is 0 Å². The molecule has 0 saturated heterocycles. The molecule has 0 aliphatic rings. The van der Waals surface area contributed by atoms with Gasteiger partial charge in [0.15, 0.2) is 6.61 Å². The summed E-state index contributed by atoms with van der Waals surface area (Å²) in [5.74, 6) is 6.91. The van der Waals surface area contributed by atoms with Crippen LogP contribution >= 0.6 is 0 Å². The molecule has 0 spiro atoms. The van der Waals surface area contributed by atoms with E-state index in [0.717, 1.165) is 11.5 Å². The van der Waals surface area contributed by atoms with Crippen molar-refractivity contribution in [1.82, 2.24) is 9.97 Å². The van der Waals surface area contributed by atoms with E-state index >= 15 is 0 Å². The van der Waals surface area contributed by atoms with Gasteiger partial charge in [-0.2, -0.15) is 0 Å². The molecule has 0 atom stereocenters. The maximum absolute atomic E-state index is 5.42. The number of benzene rings is 1. The fourth-order valence-electron chi connectivity index (χ4n) is 1.56. The zero-order valence-electron chi connectivity index (χ0n) is 11.0. The van der Waals surface area contributed by atoms with Crippen LogP contribution in [0.4, 0.5) is 11.5 Å². The number of hydrogen-bond acceptors (Lipinski definition) is 4. The molecule has 2 rings (SSSR count). The van der Waals surface area contributed by atoms with Crippen molar-refractivity contribution in [2.75, 3.05) is 18.6 Å². The van der Waals surface area contributed by atoms with Crippen molar-refractivity contribution in [3.05, 3.63) is 42.7 Å². The number of ether oxygens (including phenoxy) is 1. The predicted octanol–water partition coefficient (Wildman–Crippen LogP) is 2.65. The van der Waals surface area contributed by atoms with Crippen LogP contribution in [0, 0.1) is 11.8 Å². The summed E-state index contributed by atoms with van der Waals surface area (Å²) in [7, 11) is 1.95. The minimum Gasteiger partial charge on any atom is -0.464 e. The number of para-hydroxylation sites is 1. The van der Waals surface area contributed by atoms with Crippen molar-refractivity contribution in [3.63, 3.8) is 0 Å². The number of rotatable bonds is 4. The number of hydrogen-bond donors (Lipinski definition) is 0. The molecule has 1 heterocycles. The van der Waals surface area contributed by atoms with Crippen LogP contribution in [0.1, 0.15) is 6.92 Å². The van der Waals surface area contributed by atoms with E-state index in [-0.39, 0.29) is 0 Å². The third kappa shape index (κ3) is 3.46. The molecule has 96 valence electrons. The molecule has 0 aliphatic heterocycles. The molecule has 0 N–H and O–H groups in total. The SMILES string of the molecule is CC#CCOc1cc(N(C)c2ccccc2)ncn1. The molecule has 0 radical (unpaired) electrons. The van der Waals surface area contributed by atoms with Gasteiger partial charge in [0.05, 0.1) is 0 Å². The van der Waals surface area contributed by atoms with Crippen molar-refractivity contribution in [1.29, 1.82) is 0 Å². The lowest BCUT2D eigenvalue weighted by Gasteiger charge is -2.18. The molecular weight excluding hydrogens is 238 g/mol. The zero-order chi connectivity index (χ0) is 13.5. The Morgan fingerprint density at radius 2 is 2.00 bits per heavy atom. The smallest absolute Gasteiger partial charge is 0.219 e. The molecule has 0 saturated carbocycles. The first kappa shape index (κ1) is 12.9. The average molecular weight is 253 g/mol. The highest BCUT2D eigenvalue weighted by atomic mass is 16.5. The number of nitrogens with zero attached hydrogens (tertiary/aromatic N) is 3. The van der Waals surface area contributed by atoms with Crippen molar-refractivity contribution in [3.8, 4) is 17.7 Å². The second-order valence-electron chi connectivity index (χ2n) is 3.82. The second-order valence-corrected chi connectivity index (χ2v) is 3.82. The normalized spacial score (nSPS) is 9.37. The highest BCUT2D eigenvalue weighted by Crippen LogP contribution is 2.22. The van der Waals surface area contributed by atoms with E-state index in [2.05, 4.69) is 21.8 Å². The monoisotopic (exact) mass is 253 g/mol. The Kier molecular flexibility index (Phi) is 4.35. The summed E-state index contributed by atoms with van der Waals surface area (Å²) in [6.45, 7) is 2.11. The molecule has 19 heavy (non-hydrogen) atoms. The number of aromatic nitrogens is 2. The van der Waals surface area contributed by atoms with Crippen LogP contribution in [0.25, 0.3) is 0 Å². The summed E-state index contributed by atoms with van der Waals surface area (Å²) >= 11 is 0. The minimum absolute atomic E-state index is 0.335. The Balaban J connectivity index is 2.15. The van der Waals surface area contributed by atoms with E-state index in [4.69, 9.17) is 4.74 Å². The summed E-state index contributed by atoms with van der Waals surface area (Å²) in [5.41, 5.74) is 1.06. The largest absolute Gasteiger partial charge is 0.464 e. The summed E-state index contributed by atoms with van der Waals surface area (Å²) in [6.07, 6.45) is 1.49. The Hall–Kier alpha value is -2.54. The predicted molar refractivity (Wildman–Crippen MR) is 75.5 cm³/mol. The molecular formula is C15H15N3O. The van der Waals surface area contributed by atoms with Gasteiger partial charge in [-0.25, -0.2) is 9.97 Å². The van der Waals surface area contributed by atoms with E-state index < -0.39 is 0 Å². The third-order valence-corrected chi connectivity index (χ3v) is 2.58. The van der Waals surface area contributed by atoms with Crippen molar-refractivity contribution >= 4 is 11.5 Å². The quantitative estimate of drug-likeness (QED) is 0.785. The van der Waals surface area contributed by atoms with Gasteiger partial charge < -0.3 is 9.64 Å². The van der Waals surface area contributed by atoms with Gasteiger partial charge in [-0.1, -0.05) is 24.1 Å². The fraction of sp³-hybridized carbons (Fsp3) is 0.200. The first-order valence-corrected chi connectivity index (χ1v) is 5.94. The summed E-state index contributed by atoms with van der Waals surface area (Å²) in [4.78, 5) is 10.3. The second kappa shape index (κ2) is 6.41. The van der Waals surface area contributed by atoms with Gasteiger partial charge in [-0.3, -0.25) is 0 Å². The topological polar surface area (TPSA) is 38.2 Å². The fourth-order valence-corrected chi connectivity index (χ4v) is 1.56. The van der Waals surface area contributed by atoms with Gasteiger partial charge in [-0.05, 0) is 19.1 Å². The zero-order valence-corrected chi connectivity index (χ0v) is 11.0. The van der Waals surface area contributed by atoms with Crippen LogP contribution < -0.4 is 9.64 Å². The highest BCUT2D eigenvalue weighted by Gasteiger charge is 2.06. The van der Waals surface area contributed by atoms with E-state index in [1.807, 2.05) is 42.3 Å². The Labute approximate surface area is 113 Å². The Morgan fingerprint density at radius 1 is 1.21 bits per heavy atom. The molecule has 1 aromatic carbocycles. The molecule has 4 heteroatoms. The number of anilines is 2. The summed E-state index contributed by atoms with van der Waals surface area (Å²) in [6, 6.07) is 11.8. The Bertz CT molecular complexity index is 587. The molecule has 0 bridgehead atoms. The lowest BCUT2D eigenvalue weighted by atomic mass is 10.3. The van der Waals surface area contributed by atoms with Crippen LogP contribution in [0.2, 0.25) is 0 Å². The molecule has 0 fully saturated rings. The van der Waals surface area contributed by atoms with Gasteiger partial charge in [-0.15, -0.1) is 5.92 Å². The van der Waals surface area contributed by atoms with Crippen molar-refractivity contribution in [2.24, 2.45) is 0 Å². The maximum atomic E-state index is 5.42. The van der Waals surface area contributed by atoms with Gasteiger partial charge in [0.2, 0.25) is 5.88 Å². The first-order chi connectivity index (χ1) is 9.31. The molecule has 0 unspecified atom stereocenters. The molecule has 0 amide bonds. The molecule has 1 aromatic heterocycles. The first-order valence-electron chi connectivity index (χ1n) is 5.94. The van der Waals surface area contributed by atoms with E-state index in [1.165, 1.54) is 6.33 Å². The lowest BCUT2D eigenvalue weighted by molar-refractivity contribution is 0.354.